The fourth-order valence-corrected chi connectivity index (χ4v) is 1.32. The van der Waals surface area contributed by atoms with Gasteiger partial charge in [0.2, 0.25) is 0 Å². The Bertz CT molecular complexity index is 332. The van der Waals surface area contributed by atoms with Crippen LogP contribution in [0.15, 0.2) is 17.5 Å². The molecule has 0 unspecified atom stereocenters. The van der Waals surface area contributed by atoms with Gasteiger partial charge in [0.05, 0.1) is 11.5 Å². The van der Waals surface area contributed by atoms with Crippen LogP contribution >= 0.6 is 11.3 Å². The summed E-state index contributed by atoms with van der Waals surface area (Å²) in [5.41, 5.74) is 0. The molecule has 0 bridgehead atoms. The molecule has 74 valence electrons. The van der Waals surface area contributed by atoms with Crippen molar-refractivity contribution >= 4 is 17.5 Å². The summed E-state index contributed by atoms with van der Waals surface area (Å²) in [6.07, 6.45) is -0.673. The normalized spacial score (nSPS) is 8.64. The van der Waals surface area contributed by atoms with Crippen LogP contribution in [0.1, 0.15) is 11.8 Å². The van der Waals surface area contributed by atoms with E-state index >= 15 is 0 Å². The molecule has 0 N–H and O–H groups in total. The molecule has 0 fully saturated rings. The van der Waals surface area contributed by atoms with Crippen molar-refractivity contribution in [1.82, 2.24) is 0 Å². The average molecular weight is 210 g/mol. The quantitative estimate of drug-likeness (QED) is 0.555. The number of carbonyl (C=O) groups excluding carboxylic acids is 1. The van der Waals surface area contributed by atoms with E-state index in [0.29, 0.717) is 6.61 Å². The van der Waals surface area contributed by atoms with E-state index in [1.807, 2.05) is 17.5 Å². The lowest BCUT2D eigenvalue weighted by Gasteiger charge is -1.98. The van der Waals surface area contributed by atoms with Gasteiger partial charge in [-0.1, -0.05) is 17.9 Å². The van der Waals surface area contributed by atoms with Crippen LogP contribution in [0.3, 0.4) is 0 Å². The summed E-state index contributed by atoms with van der Waals surface area (Å²) < 4.78 is 9.20. The summed E-state index contributed by atoms with van der Waals surface area (Å²) in [6.45, 7) is 2.10. The molecule has 0 saturated heterocycles. The Kier molecular flexibility index (Phi) is 4.59. The highest BCUT2D eigenvalue weighted by Gasteiger charge is 1.98. The lowest BCUT2D eigenvalue weighted by molar-refractivity contribution is 0.0687. The molecule has 0 aromatic carbocycles. The van der Waals surface area contributed by atoms with E-state index in [1.165, 1.54) is 0 Å². The largest absolute Gasteiger partial charge is 0.509 e. The first-order valence-corrected chi connectivity index (χ1v) is 5.03. The maximum atomic E-state index is 10.7. The molecule has 1 rings (SSSR count). The van der Waals surface area contributed by atoms with Crippen molar-refractivity contribution in [1.29, 1.82) is 0 Å². The number of hydrogen-bond donors (Lipinski definition) is 0. The van der Waals surface area contributed by atoms with Crippen molar-refractivity contribution in [3.05, 3.63) is 22.4 Å². The Morgan fingerprint density at radius 1 is 1.57 bits per heavy atom. The predicted octanol–water partition coefficient (Wildman–Crippen LogP) is 2.27. The first kappa shape index (κ1) is 10.6. The summed E-state index contributed by atoms with van der Waals surface area (Å²) >= 11 is 1.55. The van der Waals surface area contributed by atoms with Gasteiger partial charge < -0.3 is 9.47 Å². The molecule has 0 amide bonds. The Hall–Kier alpha value is -1.47. The maximum Gasteiger partial charge on any atom is 0.509 e. The molecule has 0 radical (unpaired) electrons. The van der Waals surface area contributed by atoms with E-state index in [9.17, 15) is 4.79 Å². The maximum absolute atomic E-state index is 10.7. The van der Waals surface area contributed by atoms with Crippen LogP contribution in [0.4, 0.5) is 4.79 Å². The van der Waals surface area contributed by atoms with Crippen molar-refractivity contribution in [2.75, 3.05) is 13.2 Å². The molecule has 1 aromatic rings. The molecule has 4 heteroatoms. The summed E-state index contributed by atoms with van der Waals surface area (Å²) in [6, 6.07) is 3.82. The van der Waals surface area contributed by atoms with Gasteiger partial charge in [0.1, 0.15) is 0 Å². The van der Waals surface area contributed by atoms with Crippen molar-refractivity contribution in [2.45, 2.75) is 6.92 Å². The van der Waals surface area contributed by atoms with Crippen LogP contribution in [-0.2, 0) is 9.47 Å². The van der Waals surface area contributed by atoms with E-state index in [2.05, 4.69) is 21.3 Å². The third kappa shape index (κ3) is 3.97. The molecule has 0 saturated carbocycles. The second kappa shape index (κ2) is 6.06. The Morgan fingerprint density at radius 3 is 3.07 bits per heavy atom. The van der Waals surface area contributed by atoms with Crippen molar-refractivity contribution in [3.8, 4) is 11.8 Å². The highest BCUT2D eigenvalue weighted by molar-refractivity contribution is 7.10. The van der Waals surface area contributed by atoms with Gasteiger partial charge in [-0.3, -0.25) is 0 Å². The molecule has 0 aliphatic rings. The summed E-state index contributed by atoms with van der Waals surface area (Å²) in [7, 11) is 0. The summed E-state index contributed by atoms with van der Waals surface area (Å²) in [5.74, 6) is 5.57. The van der Waals surface area contributed by atoms with Crippen LogP contribution in [-0.4, -0.2) is 19.4 Å². The molecular formula is C10H10O3S. The van der Waals surface area contributed by atoms with Gasteiger partial charge in [-0.15, -0.1) is 11.3 Å². The van der Waals surface area contributed by atoms with E-state index in [4.69, 9.17) is 0 Å². The molecule has 0 aliphatic heterocycles. The minimum atomic E-state index is -0.673. The Balaban J connectivity index is 2.24. The van der Waals surface area contributed by atoms with Gasteiger partial charge >= 0.3 is 6.16 Å². The number of thiophene rings is 1. The van der Waals surface area contributed by atoms with Gasteiger partial charge in [0.15, 0.2) is 6.61 Å². The average Bonchev–Trinajstić information content (AvgIpc) is 2.65. The third-order valence-electron chi connectivity index (χ3n) is 1.26. The SMILES string of the molecule is CCOC(=O)OCC#Cc1cccs1. The van der Waals surface area contributed by atoms with E-state index in [0.717, 1.165) is 4.88 Å². The zero-order valence-electron chi connectivity index (χ0n) is 7.78. The van der Waals surface area contributed by atoms with E-state index in [1.54, 1.807) is 18.3 Å². The highest BCUT2D eigenvalue weighted by Crippen LogP contribution is 2.05. The molecule has 1 heterocycles. The number of rotatable bonds is 2. The van der Waals surface area contributed by atoms with Crippen molar-refractivity contribution in [2.24, 2.45) is 0 Å². The zero-order valence-corrected chi connectivity index (χ0v) is 8.60. The Morgan fingerprint density at radius 2 is 2.43 bits per heavy atom. The molecule has 0 aliphatic carbocycles. The second-order valence-corrected chi connectivity index (χ2v) is 3.20. The van der Waals surface area contributed by atoms with Crippen LogP contribution < -0.4 is 0 Å². The van der Waals surface area contributed by atoms with Crippen molar-refractivity contribution < 1.29 is 14.3 Å². The minimum absolute atomic E-state index is 0.0662. The zero-order chi connectivity index (χ0) is 10.2. The highest BCUT2D eigenvalue weighted by atomic mass is 32.1. The van der Waals surface area contributed by atoms with Crippen molar-refractivity contribution in [3.63, 3.8) is 0 Å². The number of carbonyl (C=O) groups is 1. The molecular weight excluding hydrogens is 200 g/mol. The van der Waals surface area contributed by atoms with Gasteiger partial charge in [-0.05, 0) is 18.4 Å². The lowest BCUT2D eigenvalue weighted by atomic mass is 10.4. The van der Waals surface area contributed by atoms with Gasteiger partial charge in [-0.2, -0.15) is 0 Å². The second-order valence-electron chi connectivity index (χ2n) is 2.25. The van der Waals surface area contributed by atoms with Crippen LogP contribution in [0.5, 0.6) is 0 Å². The first-order valence-electron chi connectivity index (χ1n) is 4.15. The molecule has 1 aromatic heterocycles. The van der Waals surface area contributed by atoms with Gasteiger partial charge in [0, 0.05) is 0 Å². The topological polar surface area (TPSA) is 35.5 Å². The molecule has 0 spiro atoms. The minimum Gasteiger partial charge on any atom is -0.435 e. The molecule has 0 atom stereocenters. The van der Waals surface area contributed by atoms with Crippen LogP contribution in [0.2, 0.25) is 0 Å². The molecule has 3 nitrogen and oxygen atoms in total. The first-order chi connectivity index (χ1) is 6.83. The fourth-order valence-electron chi connectivity index (χ4n) is 0.727. The van der Waals surface area contributed by atoms with E-state index in [-0.39, 0.29) is 6.61 Å². The Labute approximate surface area is 86.6 Å². The summed E-state index contributed by atoms with van der Waals surface area (Å²) in [4.78, 5) is 11.7. The number of hydrogen-bond acceptors (Lipinski definition) is 4. The number of ether oxygens (including phenoxy) is 2. The fraction of sp³-hybridized carbons (Fsp3) is 0.300. The third-order valence-corrected chi connectivity index (χ3v) is 2.04. The summed E-state index contributed by atoms with van der Waals surface area (Å²) in [5, 5.41) is 1.94. The standard InChI is InChI=1S/C10H10O3S/c1-2-12-10(11)13-7-3-5-9-6-4-8-14-9/h4,6,8H,2,7H2,1H3. The van der Waals surface area contributed by atoms with Crippen LogP contribution in [0.25, 0.3) is 0 Å². The van der Waals surface area contributed by atoms with Gasteiger partial charge in [0.25, 0.3) is 0 Å². The molecule has 14 heavy (non-hydrogen) atoms. The van der Waals surface area contributed by atoms with E-state index < -0.39 is 6.16 Å². The lowest BCUT2D eigenvalue weighted by Crippen LogP contribution is -2.06. The monoisotopic (exact) mass is 210 g/mol. The smallest absolute Gasteiger partial charge is 0.435 e. The van der Waals surface area contributed by atoms with Crippen LogP contribution in [0, 0.1) is 11.8 Å². The van der Waals surface area contributed by atoms with Gasteiger partial charge in [-0.25, -0.2) is 4.79 Å². The predicted molar refractivity (Wildman–Crippen MR) is 54.2 cm³/mol.